The highest BCUT2D eigenvalue weighted by Gasteiger charge is 2.35. The molecule has 1 aliphatic heterocycles. The number of nitriles is 1. The van der Waals surface area contributed by atoms with Gasteiger partial charge in [-0.1, -0.05) is 0 Å². The van der Waals surface area contributed by atoms with Gasteiger partial charge < -0.3 is 18.5 Å². The molecule has 1 aliphatic rings. The van der Waals surface area contributed by atoms with Crippen LogP contribution >= 0.6 is 8.53 Å². The first-order chi connectivity index (χ1) is 10.9. The summed E-state index contributed by atoms with van der Waals surface area (Å²) in [6.07, 6.45) is 0.751. The molecule has 8 heteroatoms. The molecule has 0 aromatic rings. The van der Waals surface area contributed by atoms with Gasteiger partial charge in [0, 0.05) is 25.2 Å². The van der Waals surface area contributed by atoms with E-state index in [2.05, 4.69) is 38.4 Å². The Balaban J connectivity index is 2.66. The predicted octanol–water partition coefficient (Wildman–Crippen LogP) is 2.58. The summed E-state index contributed by atoms with van der Waals surface area (Å²) >= 11 is 0. The molecule has 1 fully saturated rings. The van der Waals surface area contributed by atoms with Gasteiger partial charge >= 0.3 is 0 Å². The number of hydrogen-bond acceptors (Lipinski definition) is 6. The van der Waals surface area contributed by atoms with Crippen LogP contribution in [0.1, 0.15) is 40.5 Å². The lowest BCUT2D eigenvalue weighted by molar-refractivity contribution is -0.0180. The van der Waals surface area contributed by atoms with E-state index in [4.69, 9.17) is 31.6 Å². The van der Waals surface area contributed by atoms with Gasteiger partial charge in [0.1, 0.15) is 14.0 Å². The molecule has 0 N–H and O–H groups in total. The van der Waals surface area contributed by atoms with Gasteiger partial charge in [0.25, 0.3) is 8.53 Å². The van der Waals surface area contributed by atoms with Crippen molar-refractivity contribution >= 4 is 16.4 Å². The summed E-state index contributed by atoms with van der Waals surface area (Å²) < 4.78 is 25.1. The smallest absolute Gasteiger partial charge is 0.259 e. The molecule has 6 nitrogen and oxygen atoms in total. The number of nitrogens with zero attached hydrogens (tertiary/aromatic N) is 2. The van der Waals surface area contributed by atoms with E-state index in [0.29, 0.717) is 26.1 Å². The molecule has 1 heterocycles. The van der Waals surface area contributed by atoms with Crippen molar-refractivity contribution in [2.45, 2.75) is 70.8 Å². The minimum Gasteiger partial charge on any atom is -0.380 e. The van der Waals surface area contributed by atoms with Crippen molar-refractivity contribution in [3.63, 3.8) is 0 Å². The van der Waals surface area contributed by atoms with Crippen LogP contribution in [0.4, 0.5) is 0 Å². The van der Waals surface area contributed by atoms with Crippen molar-refractivity contribution in [2.24, 2.45) is 0 Å². The molecule has 130 valence electrons. The Morgan fingerprint density at radius 1 is 1.30 bits per heavy atom. The molecule has 23 heavy (non-hydrogen) atoms. The van der Waals surface area contributed by atoms with E-state index < -0.39 is 8.53 Å². The van der Waals surface area contributed by atoms with Crippen LogP contribution in [0.25, 0.3) is 0 Å². The third-order valence-electron chi connectivity index (χ3n) is 3.54. The Bertz CT molecular complexity index is 373. The monoisotopic (exact) mass is 342 g/mol. The lowest BCUT2D eigenvalue weighted by Gasteiger charge is -2.36. The summed E-state index contributed by atoms with van der Waals surface area (Å²) in [7, 11) is 6.21. The van der Waals surface area contributed by atoms with E-state index in [9.17, 15) is 0 Å². The van der Waals surface area contributed by atoms with E-state index in [1.807, 2.05) is 0 Å². The zero-order valence-corrected chi connectivity index (χ0v) is 15.7. The number of rotatable bonds is 10. The first-order valence-corrected chi connectivity index (χ1v) is 9.18. The number of hydrogen-bond donors (Lipinski definition) is 0. The van der Waals surface area contributed by atoms with Gasteiger partial charge in [-0.3, -0.25) is 0 Å². The van der Waals surface area contributed by atoms with Crippen molar-refractivity contribution in [3.05, 3.63) is 0 Å². The standard InChI is InChI=1S/C15H28BN2O4P/c1-11(2)18(12(3)4)23(20-8-6-7-17)21-10-14-13(19-5)9-15(16)22-14/h11-15H,6,8-10H2,1-5H3. The quantitative estimate of drug-likeness (QED) is 0.345. The minimum atomic E-state index is -1.26. The van der Waals surface area contributed by atoms with Crippen LogP contribution < -0.4 is 0 Å². The molecule has 0 aromatic heterocycles. The van der Waals surface area contributed by atoms with Gasteiger partial charge in [-0.15, -0.1) is 0 Å². The van der Waals surface area contributed by atoms with Crippen molar-refractivity contribution in [3.8, 4) is 6.07 Å². The average molecular weight is 342 g/mol. The molecule has 0 saturated carbocycles. The van der Waals surface area contributed by atoms with Crippen molar-refractivity contribution in [2.75, 3.05) is 20.3 Å². The fourth-order valence-corrected chi connectivity index (χ4v) is 4.21. The van der Waals surface area contributed by atoms with Crippen molar-refractivity contribution in [1.29, 1.82) is 5.26 Å². The number of methoxy groups -OCH3 is 1. The molecule has 4 unspecified atom stereocenters. The molecular formula is C15H28BN2O4P. The highest BCUT2D eigenvalue weighted by Crippen LogP contribution is 2.46. The van der Waals surface area contributed by atoms with Crippen molar-refractivity contribution in [1.82, 2.24) is 4.67 Å². The fraction of sp³-hybridized carbons (Fsp3) is 0.933. The van der Waals surface area contributed by atoms with Crippen LogP contribution in [0.15, 0.2) is 0 Å². The van der Waals surface area contributed by atoms with Crippen LogP contribution in [0.2, 0.25) is 0 Å². The zero-order chi connectivity index (χ0) is 17.4. The maximum atomic E-state index is 8.71. The topological polar surface area (TPSA) is 64.0 Å². The average Bonchev–Trinajstić information content (AvgIpc) is 2.84. The maximum absolute atomic E-state index is 8.71. The minimum absolute atomic E-state index is 0.0625. The lowest BCUT2D eigenvalue weighted by atomic mass is 9.96. The second-order valence-corrected chi connectivity index (χ2v) is 7.52. The van der Waals surface area contributed by atoms with Gasteiger partial charge in [0.2, 0.25) is 0 Å². The highest BCUT2D eigenvalue weighted by molar-refractivity contribution is 7.44. The Kier molecular flexibility index (Phi) is 9.61. The van der Waals surface area contributed by atoms with E-state index in [1.54, 1.807) is 7.11 Å². The molecule has 0 amide bonds. The SMILES string of the molecule is [B]C1CC(OC)C(COP(OCCC#N)N(C(C)C)C(C)C)O1. The first-order valence-electron chi connectivity index (χ1n) is 8.05. The van der Waals surface area contributed by atoms with E-state index in [0.717, 1.165) is 0 Å². The molecule has 0 aromatic carbocycles. The molecule has 4 atom stereocenters. The summed E-state index contributed by atoms with van der Waals surface area (Å²) in [5.74, 6) is 0. The molecule has 1 rings (SSSR count). The summed E-state index contributed by atoms with van der Waals surface area (Å²) in [5, 5.41) is 8.71. The van der Waals surface area contributed by atoms with Gasteiger partial charge in [-0.05, 0) is 34.1 Å². The normalized spacial score (nSPS) is 26.1. The Hall–Kier alpha value is -0.215. The predicted molar refractivity (Wildman–Crippen MR) is 91.0 cm³/mol. The summed E-state index contributed by atoms with van der Waals surface area (Å²) in [6.45, 7) is 9.13. The van der Waals surface area contributed by atoms with Gasteiger partial charge in [-0.25, -0.2) is 4.67 Å². The Morgan fingerprint density at radius 3 is 2.48 bits per heavy atom. The van der Waals surface area contributed by atoms with Crippen molar-refractivity contribution < 1.29 is 18.5 Å². The summed E-state index contributed by atoms with van der Waals surface area (Å²) in [4.78, 5) is 0. The van der Waals surface area contributed by atoms with Crippen LogP contribution in [0, 0.1) is 11.3 Å². The van der Waals surface area contributed by atoms with Gasteiger partial charge in [0.05, 0.1) is 31.8 Å². The van der Waals surface area contributed by atoms with E-state index >= 15 is 0 Å². The summed E-state index contributed by atoms with van der Waals surface area (Å²) in [5.41, 5.74) is 0. The highest BCUT2D eigenvalue weighted by atomic mass is 31.2. The Labute approximate surface area is 142 Å². The summed E-state index contributed by atoms with van der Waals surface area (Å²) in [6, 6.07) is 2.32. The molecule has 0 aliphatic carbocycles. The molecule has 2 radical (unpaired) electrons. The first kappa shape index (κ1) is 20.8. The molecule has 1 saturated heterocycles. The third kappa shape index (κ3) is 6.66. The van der Waals surface area contributed by atoms with Crippen LogP contribution in [0.5, 0.6) is 0 Å². The molecule has 0 spiro atoms. The van der Waals surface area contributed by atoms with Crippen LogP contribution in [-0.2, 0) is 18.5 Å². The van der Waals surface area contributed by atoms with E-state index in [1.165, 1.54) is 0 Å². The van der Waals surface area contributed by atoms with Gasteiger partial charge in [0.15, 0.2) is 0 Å². The second kappa shape index (κ2) is 10.6. The number of ether oxygens (including phenoxy) is 2. The lowest BCUT2D eigenvalue weighted by Crippen LogP contribution is -2.35. The van der Waals surface area contributed by atoms with Gasteiger partial charge in [-0.2, -0.15) is 5.26 Å². The molecule has 0 bridgehead atoms. The van der Waals surface area contributed by atoms with Crippen LogP contribution in [0.3, 0.4) is 0 Å². The Morgan fingerprint density at radius 2 is 1.96 bits per heavy atom. The van der Waals surface area contributed by atoms with E-state index in [-0.39, 0.29) is 30.3 Å². The largest absolute Gasteiger partial charge is 0.380 e. The zero-order valence-electron chi connectivity index (χ0n) is 14.8. The maximum Gasteiger partial charge on any atom is 0.259 e. The molecular weight excluding hydrogens is 314 g/mol. The fourth-order valence-electron chi connectivity index (χ4n) is 2.59. The third-order valence-corrected chi connectivity index (χ3v) is 5.62. The van der Waals surface area contributed by atoms with Crippen LogP contribution in [-0.4, -0.2) is 63.1 Å². The second-order valence-electron chi connectivity index (χ2n) is 6.07.